The minimum atomic E-state index is -3.88. The van der Waals surface area contributed by atoms with Crippen LogP contribution in [-0.2, 0) is 28.4 Å². The number of carbonyl (C=O) groups excluding carboxylic acids is 1. The summed E-state index contributed by atoms with van der Waals surface area (Å²) >= 11 is 0. The first kappa shape index (κ1) is 30.4. The maximum atomic E-state index is 14.5. The fourth-order valence-electron chi connectivity index (χ4n) is 5.76. The molecular weight excluding hydrogens is 564 g/mol. The molecule has 1 N–H and O–H groups in total. The second kappa shape index (κ2) is 12.3. The number of aliphatic hydroxyl groups is 1. The van der Waals surface area contributed by atoms with E-state index in [1.807, 2.05) is 73.1 Å². The van der Waals surface area contributed by atoms with Gasteiger partial charge in [-0.15, -0.1) is 0 Å². The number of para-hydroxylation sites is 1. The average Bonchev–Trinajstić information content (AvgIpc) is 3.31. The third kappa shape index (κ3) is 5.69. The van der Waals surface area contributed by atoms with Gasteiger partial charge in [0.05, 0.1) is 41.9 Å². The van der Waals surface area contributed by atoms with Crippen LogP contribution in [0.4, 0.5) is 0 Å². The predicted molar refractivity (Wildman–Crippen MR) is 165 cm³/mol. The smallest absolute Gasteiger partial charge is 0.271 e. The molecule has 9 nitrogen and oxygen atoms in total. The first-order chi connectivity index (χ1) is 20.6. The molecular formula is C33H36N4O5S. The van der Waals surface area contributed by atoms with Crippen LogP contribution in [0.1, 0.15) is 35.5 Å². The number of aromatic nitrogens is 1. The Hall–Kier alpha value is -4.01. The van der Waals surface area contributed by atoms with Gasteiger partial charge in [0, 0.05) is 49.6 Å². The standard InChI is InChI=1S/C33H36N4O5S/c1-22-18-37(23(2)20-38)33(39)32-31(28-11-7-8-12-29(28)36(32)4)27-10-6-5-9-25(27)21-42-30(22)19-35(3)43(40,41)26-15-13-24(17-34)14-16-26/h5-16,22-23,30,38H,18-21H2,1-4H3/t22-,23-,30+/m1/s1. The molecule has 1 aliphatic heterocycles. The average molecular weight is 601 g/mol. The van der Waals surface area contributed by atoms with Crippen LogP contribution in [0.25, 0.3) is 22.0 Å². The summed E-state index contributed by atoms with van der Waals surface area (Å²) < 4.78 is 36.6. The molecule has 224 valence electrons. The van der Waals surface area contributed by atoms with Crippen LogP contribution >= 0.6 is 0 Å². The monoisotopic (exact) mass is 600 g/mol. The van der Waals surface area contributed by atoms with E-state index in [9.17, 15) is 18.3 Å². The number of nitriles is 1. The van der Waals surface area contributed by atoms with Gasteiger partial charge in [0.25, 0.3) is 5.91 Å². The fourth-order valence-corrected chi connectivity index (χ4v) is 6.94. The van der Waals surface area contributed by atoms with Crippen molar-refractivity contribution >= 4 is 26.8 Å². The molecule has 0 unspecified atom stereocenters. The van der Waals surface area contributed by atoms with Gasteiger partial charge in [0.15, 0.2) is 0 Å². The maximum Gasteiger partial charge on any atom is 0.271 e. The topological polar surface area (TPSA) is 116 Å². The molecule has 0 bridgehead atoms. The first-order valence-corrected chi connectivity index (χ1v) is 15.7. The minimum Gasteiger partial charge on any atom is -0.394 e. The number of carbonyl (C=O) groups is 1. The molecule has 10 heteroatoms. The van der Waals surface area contributed by atoms with E-state index < -0.39 is 22.2 Å². The Bertz CT molecular complexity index is 1790. The van der Waals surface area contributed by atoms with Gasteiger partial charge in [0.2, 0.25) is 10.0 Å². The summed E-state index contributed by atoms with van der Waals surface area (Å²) in [5.74, 6) is -0.504. The van der Waals surface area contributed by atoms with Crippen LogP contribution in [0.2, 0.25) is 0 Å². The number of rotatable bonds is 6. The van der Waals surface area contributed by atoms with Crippen molar-refractivity contribution in [3.05, 3.63) is 89.6 Å². The maximum absolute atomic E-state index is 14.5. The number of likely N-dealkylation sites (N-methyl/N-ethyl adjacent to an activating group) is 1. The fraction of sp³-hybridized carbons (Fsp3) is 0.333. The number of aryl methyl sites for hydroxylation is 1. The van der Waals surface area contributed by atoms with Crippen molar-refractivity contribution in [1.82, 2.24) is 13.8 Å². The third-order valence-corrected chi connectivity index (χ3v) is 10.2. The summed E-state index contributed by atoms with van der Waals surface area (Å²) in [4.78, 5) is 16.2. The quantitative estimate of drug-likeness (QED) is 0.351. The Kier molecular flexibility index (Phi) is 8.71. The van der Waals surface area contributed by atoms with E-state index in [1.165, 1.54) is 35.6 Å². The summed E-state index contributed by atoms with van der Waals surface area (Å²) in [6.07, 6.45) is -0.578. The zero-order valence-electron chi connectivity index (χ0n) is 24.8. The molecule has 0 saturated carbocycles. The Morgan fingerprint density at radius 3 is 2.47 bits per heavy atom. The number of hydrogen-bond acceptors (Lipinski definition) is 6. The molecule has 3 atom stereocenters. The van der Waals surface area contributed by atoms with Gasteiger partial charge in [0.1, 0.15) is 5.69 Å². The van der Waals surface area contributed by atoms with Gasteiger partial charge in [-0.05, 0) is 48.4 Å². The van der Waals surface area contributed by atoms with Crippen molar-refractivity contribution in [3.63, 3.8) is 0 Å². The van der Waals surface area contributed by atoms with E-state index in [-0.39, 0.29) is 43.0 Å². The van der Waals surface area contributed by atoms with E-state index in [4.69, 9.17) is 10.00 Å². The molecule has 0 fully saturated rings. The van der Waals surface area contributed by atoms with Gasteiger partial charge in [-0.2, -0.15) is 9.57 Å². The van der Waals surface area contributed by atoms with Crippen LogP contribution in [0.5, 0.6) is 0 Å². The Morgan fingerprint density at radius 1 is 1.09 bits per heavy atom. The Labute approximate surface area is 252 Å². The van der Waals surface area contributed by atoms with Crippen molar-refractivity contribution in [2.75, 3.05) is 26.7 Å². The number of amides is 1. The lowest BCUT2D eigenvalue weighted by Gasteiger charge is -2.35. The lowest BCUT2D eigenvalue weighted by molar-refractivity contribution is -0.0147. The molecule has 2 heterocycles. The third-order valence-electron chi connectivity index (χ3n) is 8.35. The largest absolute Gasteiger partial charge is 0.394 e. The van der Waals surface area contributed by atoms with E-state index in [0.717, 1.165) is 27.6 Å². The van der Waals surface area contributed by atoms with Crippen LogP contribution in [0.3, 0.4) is 0 Å². The van der Waals surface area contributed by atoms with Crippen molar-refractivity contribution in [3.8, 4) is 17.2 Å². The summed E-state index contributed by atoms with van der Waals surface area (Å²) in [6.45, 7) is 4.00. The molecule has 1 aliphatic rings. The van der Waals surface area contributed by atoms with E-state index in [0.29, 0.717) is 11.3 Å². The van der Waals surface area contributed by atoms with Gasteiger partial charge in [-0.25, -0.2) is 8.42 Å². The minimum absolute atomic E-state index is 0.0388. The molecule has 0 radical (unpaired) electrons. The number of nitrogens with zero attached hydrogens (tertiary/aromatic N) is 4. The van der Waals surface area contributed by atoms with E-state index in [1.54, 1.807) is 11.8 Å². The highest BCUT2D eigenvalue weighted by Crippen LogP contribution is 2.38. The molecule has 0 aliphatic carbocycles. The normalized spacial score (nSPS) is 18.5. The Balaban J connectivity index is 1.59. The SMILES string of the molecule is C[C@@H]1CN([C@H](C)CO)C(=O)c2c(c3ccccc3n2C)-c2ccccc2CO[C@H]1CN(C)S(=O)(=O)c1ccc(C#N)cc1. The Morgan fingerprint density at radius 2 is 1.77 bits per heavy atom. The van der Waals surface area contributed by atoms with Crippen LogP contribution < -0.4 is 0 Å². The summed E-state index contributed by atoms with van der Waals surface area (Å²) in [6, 6.07) is 23.0. The highest BCUT2D eigenvalue weighted by Gasteiger charge is 2.34. The predicted octanol–water partition coefficient (Wildman–Crippen LogP) is 4.40. The van der Waals surface area contributed by atoms with E-state index >= 15 is 0 Å². The molecule has 4 aromatic rings. The molecule has 3 aromatic carbocycles. The molecule has 43 heavy (non-hydrogen) atoms. The summed E-state index contributed by atoms with van der Waals surface area (Å²) in [5, 5.41) is 20.2. The van der Waals surface area contributed by atoms with E-state index in [2.05, 4.69) is 0 Å². The zero-order valence-corrected chi connectivity index (χ0v) is 25.6. The zero-order chi connectivity index (χ0) is 30.9. The lowest BCUT2D eigenvalue weighted by Crippen LogP contribution is -2.48. The van der Waals surface area contributed by atoms with Crippen LogP contribution in [0.15, 0.2) is 77.7 Å². The van der Waals surface area contributed by atoms with Crippen molar-refractivity contribution < 1.29 is 23.1 Å². The highest BCUT2D eigenvalue weighted by atomic mass is 32.2. The first-order valence-electron chi connectivity index (χ1n) is 14.2. The summed E-state index contributed by atoms with van der Waals surface area (Å²) in [7, 11) is -0.494. The van der Waals surface area contributed by atoms with Gasteiger partial charge in [-0.3, -0.25) is 4.79 Å². The van der Waals surface area contributed by atoms with Crippen molar-refractivity contribution in [1.29, 1.82) is 5.26 Å². The van der Waals surface area contributed by atoms with Crippen LogP contribution in [-0.4, -0.2) is 72.1 Å². The molecule has 1 amide bonds. The van der Waals surface area contributed by atoms with Gasteiger partial charge >= 0.3 is 0 Å². The van der Waals surface area contributed by atoms with Gasteiger partial charge in [-0.1, -0.05) is 49.4 Å². The number of aliphatic hydroxyl groups excluding tert-OH is 1. The number of hydrogen-bond donors (Lipinski definition) is 1. The molecule has 0 spiro atoms. The lowest BCUT2D eigenvalue weighted by atomic mass is 9.96. The molecule has 5 rings (SSSR count). The number of fused-ring (bicyclic) bond motifs is 5. The second-order valence-corrected chi connectivity index (χ2v) is 13.2. The second-order valence-electron chi connectivity index (χ2n) is 11.2. The molecule has 1 aromatic heterocycles. The number of ether oxygens (including phenoxy) is 1. The molecule has 0 saturated heterocycles. The van der Waals surface area contributed by atoms with Gasteiger partial charge < -0.3 is 19.3 Å². The number of sulfonamides is 1. The van der Waals surface area contributed by atoms with Crippen molar-refractivity contribution in [2.45, 2.75) is 37.5 Å². The highest BCUT2D eigenvalue weighted by molar-refractivity contribution is 7.89. The van der Waals surface area contributed by atoms with Crippen molar-refractivity contribution in [2.24, 2.45) is 13.0 Å². The number of benzene rings is 3. The van der Waals surface area contributed by atoms with Crippen LogP contribution in [0, 0.1) is 17.2 Å². The summed E-state index contributed by atoms with van der Waals surface area (Å²) in [5.41, 5.74) is 4.38.